The lowest BCUT2D eigenvalue weighted by molar-refractivity contribution is -0.123. The molecule has 0 heterocycles. The Morgan fingerprint density at radius 2 is 1.79 bits per heavy atom. The number of halogens is 2. The fraction of sp³-hybridized carbons (Fsp3) is 0.0769. The monoisotopic (exact) mass is 614 g/mol. The minimum atomic E-state index is -0.346. The van der Waals surface area contributed by atoms with Crippen LogP contribution in [-0.2, 0) is 11.4 Å². The third kappa shape index (κ3) is 6.55. The van der Waals surface area contributed by atoms with E-state index < -0.39 is 0 Å². The SMILES string of the molecule is O=C(COc1ccc(I)cc1)N/N=C\c1c(OCc2cccc(Br)c2)ccc2ccccc12. The Bertz CT molecular complexity index is 1290. The molecular weight excluding hydrogens is 595 g/mol. The summed E-state index contributed by atoms with van der Waals surface area (Å²) in [5.74, 6) is 0.968. The lowest BCUT2D eigenvalue weighted by Crippen LogP contribution is -2.24. The van der Waals surface area contributed by atoms with E-state index in [2.05, 4.69) is 49.0 Å². The molecule has 4 aromatic rings. The first-order chi connectivity index (χ1) is 16.1. The molecule has 0 aliphatic carbocycles. The fourth-order valence-corrected chi connectivity index (χ4v) is 4.01. The maximum atomic E-state index is 12.2. The van der Waals surface area contributed by atoms with Gasteiger partial charge >= 0.3 is 0 Å². The normalized spacial score (nSPS) is 11.0. The molecule has 4 aromatic carbocycles. The van der Waals surface area contributed by atoms with Gasteiger partial charge in [-0.1, -0.05) is 58.4 Å². The molecule has 0 spiro atoms. The van der Waals surface area contributed by atoms with Crippen molar-refractivity contribution < 1.29 is 14.3 Å². The summed E-state index contributed by atoms with van der Waals surface area (Å²) in [5, 5.41) is 6.20. The lowest BCUT2D eigenvalue weighted by Gasteiger charge is -2.12. The van der Waals surface area contributed by atoms with Gasteiger partial charge in [-0.05, 0) is 81.4 Å². The minimum Gasteiger partial charge on any atom is -0.488 e. The van der Waals surface area contributed by atoms with Crippen molar-refractivity contribution in [1.29, 1.82) is 0 Å². The molecule has 1 N–H and O–H groups in total. The third-order valence-electron chi connectivity index (χ3n) is 4.78. The number of hydrazone groups is 1. The molecule has 33 heavy (non-hydrogen) atoms. The zero-order valence-corrected chi connectivity index (χ0v) is 21.2. The van der Waals surface area contributed by atoms with E-state index in [1.54, 1.807) is 6.21 Å². The number of nitrogens with zero attached hydrogens (tertiary/aromatic N) is 1. The molecule has 7 heteroatoms. The highest BCUT2D eigenvalue weighted by molar-refractivity contribution is 14.1. The molecule has 0 bridgehead atoms. The number of nitrogens with one attached hydrogen (secondary N) is 1. The Kier molecular flexibility index (Phi) is 7.96. The van der Waals surface area contributed by atoms with Crippen molar-refractivity contribution in [3.8, 4) is 11.5 Å². The molecule has 5 nitrogen and oxygen atoms in total. The molecular formula is C26H20BrIN2O3. The Hall–Kier alpha value is -2.91. The summed E-state index contributed by atoms with van der Waals surface area (Å²) in [6, 6.07) is 27.4. The van der Waals surface area contributed by atoms with E-state index in [1.165, 1.54) is 0 Å². The predicted molar refractivity (Wildman–Crippen MR) is 143 cm³/mol. The largest absolute Gasteiger partial charge is 0.488 e. The molecule has 0 unspecified atom stereocenters. The van der Waals surface area contributed by atoms with Crippen LogP contribution in [-0.4, -0.2) is 18.7 Å². The average molecular weight is 615 g/mol. The lowest BCUT2D eigenvalue weighted by atomic mass is 10.0. The van der Waals surface area contributed by atoms with Gasteiger partial charge in [0.15, 0.2) is 6.61 Å². The van der Waals surface area contributed by atoms with Gasteiger partial charge in [-0.15, -0.1) is 0 Å². The second-order valence-electron chi connectivity index (χ2n) is 7.15. The molecule has 0 atom stereocenters. The number of benzene rings is 4. The van der Waals surface area contributed by atoms with Crippen LogP contribution in [0.15, 0.2) is 94.5 Å². The molecule has 0 aromatic heterocycles. The highest BCUT2D eigenvalue weighted by atomic mass is 127. The van der Waals surface area contributed by atoms with Gasteiger partial charge in [0.2, 0.25) is 0 Å². The highest BCUT2D eigenvalue weighted by Gasteiger charge is 2.09. The number of hydrogen-bond donors (Lipinski definition) is 1. The summed E-state index contributed by atoms with van der Waals surface area (Å²) in [4.78, 5) is 12.2. The number of rotatable bonds is 8. The van der Waals surface area contributed by atoms with Gasteiger partial charge in [-0.25, -0.2) is 5.43 Å². The summed E-state index contributed by atoms with van der Waals surface area (Å²) in [5.41, 5.74) is 4.36. The number of amides is 1. The van der Waals surface area contributed by atoms with Crippen molar-refractivity contribution in [2.75, 3.05) is 6.61 Å². The maximum Gasteiger partial charge on any atom is 0.277 e. The van der Waals surface area contributed by atoms with E-state index in [4.69, 9.17) is 9.47 Å². The number of ether oxygens (including phenoxy) is 2. The molecule has 0 fully saturated rings. The summed E-state index contributed by atoms with van der Waals surface area (Å²) in [7, 11) is 0. The zero-order valence-electron chi connectivity index (χ0n) is 17.5. The first kappa shape index (κ1) is 23.3. The molecule has 0 saturated heterocycles. The van der Waals surface area contributed by atoms with Gasteiger partial charge in [0.25, 0.3) is 5.91 Å². The van der Waals surface area contributed by atoms with Gasteiger partial charge in [0.1, 0.15) is 18.1 Å². The van der Waals surface area contributed by atoms with Crippen LogP contribution in [0.5, 0.6) is 11.5 Å². The van der Waals surface area contributed by atoms with Crippen LogP contribution in [0.4, 0.5) is 0 Å². The summed E-state index contributed by atoms with van der Waals surface area (Å²) >= 11 is 5.70. The van der Waals surface area contributed by atoms with E-state index in [0.717, 1.165) is 29.9 Å². The second kappa shape index (κ2) is 11.3. The number of fused-ring (bicyclic) bond motifs is 1. The summed E-state index contributed by atoms with van der Waals surface area (Å²) in [6.45, 7) is 0.286. The number of carbonyl (C=O) groups is 1. The highest BCUT2D eigenvalue weighted by Crippen LogP contribution is 2.27. The predicted octanol–water partition coefficient (Wildman–Crippen LogP) is 6.32. The van der Waals surface area contributed by atoms with E-state index in [0.29, 0.717) is 18.1 Å². The first-order valence-corrected chi connectivity index (χ1v) is 12.0. The van der Waals surface area contributed by atoms with Crippen LogP contribution in [0.25, 0.3) is 10.8 Å². The van der Waals surface area contributed by atoms with Gasteiger partial charge in [0.05, 0.1) is 6.21 Å². The van der Waals surface area contributed by atoms with Crippen molar-refractivity contribution in [3.63, 3.8) is 0 Å². The smallest absolute Gasteiger partial charge is 0.277 e. The first-order valence-electron chi connectivity index (χ1n) is 10.2. The van der Waals surface area contributed by atoms with Crippen molar-refractivity contribution in [2.24, 2.45) is 5.10 Å². The van der Waals surface area contributed by atoms with E-state index in [1.807, 2.05) is 84.9 Å². The second-order valence-corrected chi connectivity index (χ2v) is 9.31. The van der Waals surface area contributed by atoms with Crippen molar-refractivity contribution in [2.45, 2.75) is 6.61 Å². The Labute approximate surface area is 214 Å². The Balaban J connectivity index is 1.46. The minimum absolute atomic E-state index is 0.125. The van der Waals surface area contributed by atoms with Crippen molar-refractivity contribution >= 4 is 61.4 Å². The average Bonchev–Trinajstić information content (AvgIpc) is 2.83. The molecule has 0 aliphatic rings. The number of carbonyl (C=O) groups excluding carboxylic acids is 1. The molecule has 1 amide bonds. The standard InChI is InChI=1S/C26H20BrIN2O3/c27-20-6-3-4-18(14-20)16-33-25-13-8-19-5-1-2-7-23(19)24(25)15-29-30-26(31)17-32-22-11-9-21(28)10-12-22/h1-15H,16-17H2,(H,30,31)/b29-15-. The van der Waals surface area contributed by atoms with Crippen LogP contribution in [0, 0.1) is 3.57 Å². The Morgan fingerprint density at radius 1 is 0.970 bits per heavy atom. The van der Waals surface area contributed by atoms with Gasteiger partial charge in [-0.3, -0.25) is 4.79 Å². The zero-order chi connectivity index (χ0) is 23.0. The van der Waals surface area contributed by atoms with Crippen LogP contribution < -0.4 is 14.9 Å². The molecule has 0 saturated carbocycles. The van der Waals surface area contributed by atoms with Crippen LogP contribution in [0.2, 0.25) is 0 Å². The Morgan fingerprint density at radius 3 is 2.61 bits per heavy atom. The quantitative estimate of drug-likeness (QED) is 0.144. The topological polar surface area (TPSA) is 59.9 Å². The summed E-state index contributed by atoms with van der Waals surface area (Å²) in [6.07, 6.45) is 1.61. The van der Waals surface area contributed by atoms with Crippen molar-refractivity contribution in [3.05, 3.63) is 104 Å². The fourth-order valence-electron chi connectivity index (χ4n) is 3.20. The van der Waals surface area contributed by atoms with Crippen LogP contribution in [0.1, 0.15) is 11.1 Å². The van der Waals surface area contributed by atoms with Gasteiger partial charge < -0.3 is 9.47 Å². The molecule has 4 rings (SSSR count). The molecule has 0 aliphatic heterocycles. The van der Waals surface area contributed by atoms with Crippen molar-refractivity contribution in [1.82, 2.24) is 5.43 Å². The third-order valence-corrected chi connectivity index (χ3v) is 5.99. The summed E-state index contributed by atoms with van der Waals surface area (Å²) < 4.78 is 13.7. The maximum absolute atomic E-state index is 12.2. The van der Waals surface area contributed by atoms with Gasteiger partial charge in [0, 0.05) is 13.6 Å². The van der Waals surface area contributed by atoms with E-state index in [-0.39, 0.29) is 12.5 Å². The van der Waals surface area contributed by atoms with E-state index >= 15 is 0 Å². The van der Waals surface area contributed by atoms with Gasteiger partial charge in [-0.2, -0.15) is 5.10 Å². The van der Waals surface area contributed by atoms with E-state index in [9.17, 15) is 4.79 Å². The van der Waals surface area contributed by atoms with Crippen LogP contribution >= 0.6 is 38.5 Å². The molecule has 166 valence electrons. The van der Waals surface area contributed by atoms with Crippen LogP contribution in [0.3, 0.4) is 0 Å². The molecule has 0 radical (unpaired) electrons. The number of hydrogen-bond acceptors (Lipinski definition) is 4.